The second-order valence-electron chi connectivity index (χ2n) is 7.99. The highest BCUT2D eigenvalue weighted by molar-refractivity contribution is 5.62. The molecule has 1 saturated carbocycles. The molecule has 1 saturated heterocycles. The zero-order valence-corrected chi connectivity index (χ0v) is 16.3. The van der Waals surface area contributed by atoms with Crippen LogP contribution < -0.4 is 4.90 Å². The number of ether oxygens (including phenoxy) is 1. The van der Waals surface area contributed by atoms with E-state index in [1.165, 1.54) is 16.9 Å². The van der Waals surface area contributed by atoms with Gasteiger partial charge in [0.2, 0.25) is 0 Å². The minimum atomic E-state index is -0.194. The number of fused-ring (bicyclic) bond motifs is 1. The van der Waals surface area contributed by atoms with Gasteiger partial charge in [-0.25, -0.2) is 0 Å². The van der Waals surface area contributed by atoms with Gasteiger partial charge < -0.3 is 14.7 Å². The number of para-hydroxylation sites is 1. The molecule has 1 heterocycles. The Bertz CT molecular complexity index is 749. The molecule has 4 nitrogen and oxygen atoms in total. The van der Waals surface area contributed by atoms with Crippen LogP contribution in [-0.2, 0) is 11.3 Å². The Morgan fingerprint density at radius 1 is 1.07 bits per heavy atom. The number of anilines is 2. The summed E-state index contributed by atoms with van der Waals surface area (Å²) >= 11 is 0. The van der Waals surface area contributed by atoms with Crippen molar-refractivity contribution in [1.82, 2.24) is 4.90 Å². The molecule has 1 aliphatic heterocycles. The van der Waals surface area contributed by atoms with Gasteiger partial charge >= 0.3 is 0 Å². The molecule has 0 unspecified atom stereocenters. The third-order valence-electron chi connectivity index (χ3n) is 6.53. The summed E-state index contributed by atoms with van der Waals surface area (Å²) in [5, 5.41) is 10.2. The van der Waals surface area contributed by atoms with Crippen LogP contribution in [0, 0.1) is 0 Å². The number of aliphatic hydroxyl groups excluding tert-OH is 1. The van der Waals surface area contributed by atoms with Crippen LogP contribution in [0.3, 0.4) is 0 Å². The largest absolute Gasteiger partial charge is 0.393 e. The van der Waals surface area contributed by atoms with Crippen molar-refractivity contribution in [2.45, 2.75) is 50.0 Å². The van der Waals surface area contributed by atoms with Crippen LogP contribution >= 0.6 is 0 Å². The van der Waals surface area contributed by atoms with Crippen molar-refractivity contribution in [2.24, 2.45) is 0 Å². The maximum Gasteiger partial charge on any atom is 0.0847 e. The molecule has 2 aliphatic rings. The number of rotatable bonds is 5. The van der Waals surface area contributed by atoms with Crippen LogP contribution in [0.1, 0.15) is 31.2 Å². The fraction of sp³-hybridized carbons (Fsp3) is 0.478. The molecule has 1 N–H and O–H groups in total. The first-order valence-electron chi connectivity index (χ1n) is 9.96. The van der Waals surface area contributed by atoms with E-state index in [0.717, 1.165) is 38.8 Å². The highest BCUT2D eigenvalue weighted by atomic mass is 16.5. The molecule has 2 aromatic rings. The SMILES string of the molecule is CO[C@@]12CC[C@@H](O)C[C@@H]1N(Cc1ccc(N(C)c3ccccc3)cc1)CC2. The maximum atomic E-state index is 10.2. The van der Waals surface area contributed by atoms with Crippen molar-refractivity contribution >= 4 is 11.4 Å². The standard InChI is InChI=1S/C23H30N2O2/c1-24(19-6-4-3-5-7-19)20-10-8-18(9-11-20)17-25-15-14-23(27-2)13-12-21(26)16-22(23)25/h3-11,21-22,26H,12-17H2,1-2H3/t21-,22+,23-/m1/s1. The first kappa shape index (κ1) is 18.5. The highest BCUT2D eigenvalue weighted by Gasteiger charge is 2.50. The van der Waals surface area contributed by atoms with E-state index in [2.05, 4.69) is 65.4 Å². The Morgan fingerprint density at radius 3 is 2.48 bits per heavy atom. The molecule has 1 aliphatic carbocycles. The lowest BCUT2D eigenvalue weighted by atomic mass is 9.79. The number of nitrogens with zero attached hydrogens (tertiary/aromatic N) is 2. The minimum absolute atomic E-state index is 0.0628. The van der Waals surface area contributed by atoms with Crippen molar-refractivity contribution in [3.8, 4) is 0 Å². The summed E-state index contributed by atoms with van der Waals surface area (Å²) in [5.41, 5.74) is 3.62. The number of likely N-dealkylation sites (tertiary alicyclic amines) is 1. The molecule has 3 atom stereocenters. The zero-order valence-electron chi connectivity index (χ0n) is 16.3. The predicted molar refractivity (Wildman–Crippen MR) is 109 cm³/mol. The Labute approximate surface area is 162 Å². The second kappa shape index (κ2) is 7.63. The van der Waals surface area contributed by atoms with Crippen LogP contribution in [0.4, 0.5) is 11.4 Å². The molecule has 0 spiro atoms. The van der Waals surface area contributed by atoms with Gasteiger partial charge in [0.05, 0.1) is 11.7 Å². The molecule has 2 fully saturated rings. The van der Waals surface area contributed by atoms with Gasteiger partial charge in [-0.15, -0.1) is 0 Å². The van der Waals surface area contributed by atoms with Crippen LogP contribution in [-0.4, -0.2) is 48.5 Å². The first-order valence-corrected chi connectivity index (χ1v) is 9.96. The van der Waals surface area contributed by atoms with Gasteiger partial charge in [-0.05, 0) is 55.5 Å². The molecule has 4 rings (SSSR count). The van der Waals surface area contributed by atoms with Crippen molar-refractivity contribution in [2.75, 3.05) is 25.6 Å². The van der Waals surface area contributed by atoms with Gasteiger partial charge in [0.1, 0.15) is 0 Å². The normalized spacial score (nSPS) is 28.1. The average Bonchev–Trinajstić information content (AvgIpc) is 3.07. The van der Waals surface area contributed by atoms with Crippen LogP contribution in [0.25, 0.3) is 0 Å². The Morgan fingerprint density at radius 2 is 1.78 bits per heavy atom. The fourth-order valence-corrected chi connectivity index (χ4v) is 4.82. The van der Waals surface area contributed by atoms with Crippen LogP contribution in [0.2, 0.25) is 0 Å². The topological polar surface area (TPSA) is 35.9 Å². The van der Waals surface area contributed by atoms with Gasteiger partial charge in [0.15, 0.2) is 0 Å². The van der Waals surface area contributed by atoms with Crippen LogP contribution in [0.15, 0.2) is 54.6 Å². The van der Waals surface area contributed by atoms with E-state index in [-0.39, 0.29) is 11.7 Å². The van der Waals surface area contributed by atoms with Crippen molar-refractivity contribution in [3.63, 3.8) is 0 Å². The van der Waals surface area contributed by atoms with Crippen molar-refractivity contribution in [3.05, 3.63) is 60.2 Å². The molecular formula is C23H30N2O2. The zero-order chi connectivity index (χ0) is 18.9. The van der Waals surface area contributed by atoms with Crippen LogP contribution in [0.5, 0.6) is 0 Å². The van der Waals surface area contributed by atoms with Gasteiger partial charge in [-0.1, -0.05) is 30.3 Å². The van der Waals surface area contributed by atoms with E-state index in [0.29, 0.717) is 6.04 Å². The Kier molecular flexibility index (Phi) is 5.22. The number of hydrogen-bond donors (Lipinski definition) is 1. The molecule has 0 radical (unpaired) electrons. The summed E-state index contributed by atoms with van der Waals surface area (Å²) in [4.78, 5) is 4.70. The maximum absolute atomic E-state index is 10.2. The summed E-state index contributed by atoms with van der Waals surface area (Å²) in [7, 11) is 3.93. The average molecular weight is 367 g/mol. The number of aliphatic hydroxyl groups is 1. The summed E-state index contributed by atoms with van der Waals surface area (Å²) < 4.78 is 5.96. The molecule has 0 aromatic heterocycles. The molecule has 4 heteroatoms. The van der Waals surface area contributed by atoms with E-state index < -0.39 is 0 Å². The lowest BCUT2D eigenvalue weighted by Gasteiger charge is -2.42. The third-order valence-corrected chi connectivity index (χ3v) is 6.53. The summed E-state index contributed by atoms with van der Waals surface area (Å²) in [6.45, 7) is 1.95. The Balaban J connectivity index is 1.46. The van der Waals surface area contributed by atoms with Gasteiger partial charge in [0.25, 0.3) is 0 Å². The molecule has 2 aromatic carbocycles. The quantitative estimate of drug-likeness (QED) is 0.869. The van der Waals surface area contributed by atoms with E-state index >= 15 is 0 Å². The van der Waals surface area contributed by atoms with Gasteiger partial charge in [-0.3, -0.25) is 4.90 Å². The molecule has 0 bridgehead atoms. The van der Waals surface area contributed by atoms with E-state index in [4.69, 9.17) is 4.74 Å². The monoisotopic (exact) mass is 366 g/mol. The predicted octanol–water partition coefficient (Wildman–Crippen LogP) is 3.96. The number of hydrogen-bond acceptors (Lipinski definition) is 4. The molecule has 144 valence electrons. The lowest BCUT2D eigenvalue weighted by molar-refractivity contribution is -0.0879. The number of benzene rings is 2. The summed E-state index contributed by atoms with van der Waals surface area (Å²) in [6, 6.07) is 19.6. The second-order valence-corrected chi connectivity index (χ2v) is 7.99. The smallest absolute Gasteiger partial charge is 0.0847 e. The highest BCUT2D eigenvalue weighted by Crippen LogP contribution is 2.43. The Hall–Kier alpha value is -1.88. The third kappa shape index (κ3) is 3.62. The van der Waals surface area contributed by atoms with Crippen molar-refractivity contribution < 1.29 is 9.84 Å². The molecule has 27 heavy (non-hydrogen) atoms. The molecular weight excluding hydrogens is 336 g/mol. The lowest BCUT2D eigenvalue weighted by Crippen LogP contribution is -2.51. The number of methoxy groups -OCH3 is 1. The molecule has 0 amide bonds. The summed E-state index contributed by atoms with van der Waals surface area (Å²) in [6.07, 6.45) is 3.52. The van der Waals surface area contributed by atoms with E-state index in [9.17, 15) is 5.11 Å². The van der Waals surface area contributed by atoms with Gasteiger partial charge in [0, 0.05) is 44.7 Å². The minimum Gasteiger partial charge on any atom is -0.393 e. The van der Waals surface area contributed by atoms with Gasteiger partial charge in [-0.2, -0.15) is 0 Å². The van der Waals surface area contributed by atoms with E-state index in [1.807, 2.05) is 13.2 Å². The fourth-order valence-electron chi connectivity index (χ4n) is 4.82. The van der Waals surface area contributed by atoms with Crippen molar-refractivity contribution in [1.29, 1.82) is 0 Å². The van der Waals surface area contributed by atoms with E-state index in [1.54, 1.807) is 0 Å². The first-order chi connectivity index (χ1) is 13.1. The summed E-state index contributed by atoms with van der Waals surface area (Å²) in [5.74, 6) is 0.